The number of nitrogens with zero attached hydrogens (tertiary/aromatic N) is 5. The maximum atomic E-state index is 13.7. The predicted molar refractivity (Wildman–Crippen MR) is 389 cm³/mol. The van der Waals surface area contributed by atoms with E-state index in [1.807, 2.05) is 0 Å². The second-order valence-corrected chi connectivity index (χ2v) is 35.9. The highest BCUT2D eigenvalue weighted by Crippen LogP contribution is 2.45. The normalized spacial score (nSPS) is 20.3. The Bertz CT molecular complexity index is 2510. The molecule has 0 amide bonds. The van der Waals surface area contributed by atoms with Crippen molar-refractivity contribution in [1.82, 2.24) is 19.6 Å². The number of unbranched alkanes of at least 4 members (excludes halogenated alkanes) is 10. The fourth-order valence-corrected chi connectivity index (χ4v) is 12.0. The smallest absolute Gasteiger partial charge is 0.304 e. The number of rotatable bonds is 23. The lowest BCUT2D eigenvalue weighted by Crippen LogP contribution is -2.48. The fraction of sp³-hybridized carbons (Fsp3) is 0.776. The van der Waals surface area contributed by atoms with E-state index < -0.39 is 10.5 Å². The first-order valence-electron chi connectivity index (χ1n) is 34.5. The lowest BCUT2D eigenvalue weighted by atomic mass is 9.69. The third kappa shape index (κ3) is 32.2. The van der Waals surface area contributed by atoms with Crippen LogP contribution in [0.15, 0.2) is 59.9 Å². The van der Waals surface area contributed by atoms with E-state index in [1.54, 1.807) is 0 Å². The van der Waals surface area contributed by atoms with Gasteiger partial charge in [-0.05, 0) is 208 Å². The first-order valence-corrected chi connectivity index (χ1v) is 36.0. The minimum atomic E-state index is -1.14. The maximum Gasteiger partial charge on any atom is 0.304 e. The number of allylic oxidation sites excluding steroid dienone is 5. The largest absolute Gasteiger partial charge is 0.373 e. The lowest BCUT2D eigenvalue weighted by molar-refractivity contribution is -0.842. The van der Waals surface area contributed by atoms with Gasteiger partial charge in [-0.3, -0.25) is 33.6 Å². The molecule has 0 aromatic rings. The highest BCUT2D eigenvalue weighted by atomic mass is 35.5. The van der Waals surface area contributed by atoms with Gasteiger partial charge in [-0.25, -0.2) is 0 Å². The molecule has 0 N–H and O–H groups in total. The molecule has 0 spiro atoms. The summed E-state index contributed by atoms with van der Waals surface area (Å²) in [5.74, 6) is 1.07. The minimum Gasteiger partial charge on any atom is -0.373 e. The van der Waals surface area contributed by atoms with Gasteiger partial charge in [0.15, 0.2) is 11.6 Å². The summed E-state index contributed by atoms with van der Waals surface area (Å²) in [5, 5.41) is -2.79. The maximum absolute atomic E-state index is 13.7. The van der Waals surface area contributed by atoms with E-state index in [2.05, 4.69) is 252 Å². The zero-order valence-corrected chi connectivity index (χ0v) is 65.4. The Labute approximate surface area is 581 Å². The zero-order valence-electron chi connectivity index (χ0n) is 62.4. The number of hydrogen-bond acceptors (Lipinski definition) is 11. The van der Waals surface area contributed by atoms with Crippen molar-refractivity contribution in [3.8, 4) is 0 Å². The van der Waals surface area contributed by atoms with Crippen LogP contribution in [0.5, 0.6) is 0 Å². The number of hydrogen-bond donors (Lipinski definition) is 0. The molecule has 1 atom stereocenters. The quantitative estimate of drug-likeness (QED) is 0.0419. The first kappa shape index (κ1) is 86.7. The van der Waals surface area contributed by atoms with Crippen LogP contribution >= 0.6 is 46.4 Å². The summed E-state index contributed by atoms with van der Waals surface area (Å²) in [6.45, 7) is 54.1. The van der Waals surface area contributed by atoms with E-state index in [9.17, 15) is 33.6 Å². The van der Waals surface area contributed by atoms with Crippen molar-refractivity contribution in [2.75, 3.05) is 46.8 Å². The third-order valence-electron chi connectivity index (χ3n) is 19.0. The highest BCUT2D eigenvalue weighted by molar-refractivity contribution is 6.97. The van der Waals surface area contributed by atoms with Crippen molar-refractivity contribution in [2.24, 2.45) is 33.0 Å². The van der Waals surface area contributed by atoms with E-state index in [0.717, 1.165) is 144 Å². The second-order valence-electron chi connectivity index (χ2n) is 34.4. The van der Waals surface area contributed by atoms with E-state index in [1.165, 1.54) is 13.0 Å². The topological polar surface area (TPSA) is 132 Å². The van der Waals surface area contributed by atoms with Crippen molar-refractivity contribution < 1.29 is 38.0 Å². The van der Waals surface area contributed by atoms with E-state index in [-0.39, 0.29) is 66.0 Å². The molecule has 0 aliphatic carbocycles. The van der Waals surface area contributed by atoms with Gasteiger partial charge >= 0.3 is 10.5 Å². The Morgan fingerprint density at radius 3 is 1.15 bits per heavy atom. The molecule has 0 aromatic heterocycles. The van der Waals surface area contributed by atoms with Gasteiger partial charge in [0.05, 0.1) is 26.2 Å². The standard InChI is InChI=1S/C30H53N2O2.C23H40N2O.C11H21N.C10H16Cl2O2.C2Cl2O2/c1-28(2,3)31-20-18-29(4,5)24(22-31)26(33)16-14-12-10-11-13-15-17-27(34)25-23-32(8,9)21-19-30(25,6)7;1-20(2,3)24-13-11-22(7,8)17(15-24)19(26)18-16-25(21(4,5)6)14-12-23(18,9)10;1-10(2,3)12-8-6-11(4,5)7-9-12;11-9(13)7-5-3-1-2-4-6-8-10(12)14;3-1(5)2(4)6/h18,20,23-24H,10-17,19,21-22H2,1-9H3;15-16H,11-14H2,1-10H3;6,8H,7,9H2,1-5H3;1-8H2;/q+1;;;;. The lowest BCUT2D eigenvalue weighted by Gasteiger charge is -2.46. The first-order chi connectivity index (χ1) is 41.7. The van der Waals surface area contributed by atoms with Gasteiger partial charge in [0.2, 0.25) is 10.5 Å². The van der Waals surface area contributed by atoms with Crippen molar-refractivity contribution in [2.45, 2.75) is 303 Å². The molecule has 5 heterocycles. The summed E-state index contributed by atoms with van der Waals surface area (Å²) < 4.78 is 0.811. The number of halogens is 4. The number of carbonyl (C=O) groups excluding carboxylic acids is 7. The van der Waals surface area contributed by atoms with Crippen LogP contribution < -0.4 is 0 Å². The minimum absolute atomic E-state index is 0.00396. The number of carbonyl (C=O) groups is 7. The zero-order chi connectivity index (χ0) is 71.3. The molecular formula is C76H130Cl4N5O7+. The molecule has 0 saturated heterocycles. The molecule has 0 radical (unpaired) electrons. The predicted octanol–water partition coefficient (Wildman–Crippen LogP) is 19.5. The average Bonchev–Trinajstić information content (AvgIpc) is 0.776. The van der Waals surface area contributed by atoms with Crippen LogP contribution in [0.2, 0.25) is 0 Å². The molecule has 528 valence electrons. The van der Waals surface area contributed by atoms with Crippen LogP contribution in [0, 0.1) is 33.0 Å². The molecule has 0 fully saturated rings. The Hall–Kier alpha value is -3.29. The van der Waals surface area contributed by atoms with Gasteiger partial charge in [0.1, 0.15) is 12.0 Å². The molecule has 92 heavy (non-hydrogen) atoms. The molecule has 0 saturated carbocycles. The number of quaternary nitrogens is 1. The van der Waals surface area contributed by atoms with Crippen molar-refractivity contribution in [1.29, 1.82) is 0 Å². The van der Waals surface area contributed by atoms with Crippen LogP contribution in [0.3, 0.4) is 0 Å². The molecule has 5 aliphatic rings. The fourth-order valence-electron chi connectivity index (χ4n) is 11.7. The van der Waals surface area contributed by atoms with Crippen molar-refractivity contribution in [3.05, 3.63) is 59.9 Å². The van der Waals surface area contributed by atoms with Crippen molar-refractivity contribution >= 4 is 84.7 Å². The molecule has 12 nitrogen and oxygen atoms in total. The molecular weight excluding hydrogens is 1240 g/mol. The van der Waals surface area contributed by atoms with Gasteiger partial charge in [0, 0.05) is 115 Å². The molecule has 0 aromatic carbocycles. The molecule has 1 unspecified atom stereocenters. The van der Waals surface area contributed by atoms with Gasteiger partial charge in [-0.15, -0.1) is 0 Å². The van der Waals surface area contributed by atoms with Gasteiger partial charge in [-0.2, -0.15) is 0 Å². The molecule has 5 rings (SSSR count). The Kier molecular flexibility index (Phi) is 34.8. The van der Waals surface area contributed by atoms with Crippen molar-refractivity contribution in [3.63, 3.8) is 0 Å². The Morgan fingerprint density at radius 2 is 0.793 bits per heavy atom. The summed E-state index contributed by atoms with van der Waals surface area (Å²) in [7, 11) is 4.36. The van der Waals surface area contributed by atoms with Gasteiger partial charge in [-0.1, -0.05) is 133 Å². The summed E-state index contributed by atoms with van der Waals surface area (Å²) >= 11 is 19.4. The van der Waals surface area contributed by atoms with Gasteiger partial charge < -0.3 is 24.1 Å². The monoisotopic (exact) mass is 1360 g/mol. The van der Waals surface area contributed by atoms with Crippen LogP contribution in [0.25, 0.3) is 0 Å². The summed E-state index contributed by atoms with van der Waals surface area (Å²) in [6.07, 6.45) is 34.6. The van der Waals surface area contributed by atoms with E-state index in [4.69, 9.17) is 23.2 Å². The average molecular weight is 1370 g/mol. The molecule has 0 bridgehead atoms. The summed E-state index contributed by atoms with van der Waals surface area (Å²) in [5.41, 5.74) is 3.55. The molecule has 5 aliphatic heterocycles. The number of ketones is 3. The van der Waals surface area contributed by atoms with E-state index >= 15 is 0 Å². The summed E-state index contributed by atoms with van der Waals surface area (Å²) in [6, 6.07) is 0. The van der Waals surface area contributed by atoms with Crippen LogP contribution in [0.4, 0.5) is 0 Å². The second kappa shape index (κ2) is 36.9. The van der Waals surface area contributed by atoms with Crippen LogP contribution in [-0.2, 0) is 33.6 Å². The third-order valence-corrected chi connectivity index (χ3v) is 19.8. The van der Waals surface area contributed by atoms with Gasteiger partial charge in [0.25, 0.3) is 0 Å². The summed E-state index contributed by atoms with van der Waals surface area (Å²) in [4.78, 5) is 88.6. The molecule has 16 heteroatoms. The Morgan fingerprint density at radius 1 is 0.446 bits per heavy atom. The van der Waals surface area contributed by atoms with Crippen LogP contribution in [0.1, 0.15) is 281 Å². The number of Topliss-reactive ketones (excluding diaryl/α,β-unsaturated/α-hetero) is 3. The SMILES string of the molecule is CC1(C)C=CN(C(C)(C)C)CC1.CC1(C)CCN(C(C)(C)C)C=C1C(=O)C1=CN(C(C)(C)C)CCC1(C)C.CC1(C)CC[N+](C)(C)C=C1C(=O)CCCCCCCCC(=O)C1CN(C(C)(C)C)C=CC1(C)C.O=C(Cl)C(=O)Cl.O=C(Cl)CCCCCCCCC(=O)Cl. The Balaban J connectivity index is 0.000000638. The highest BCUT2D eigenvalue weighted by Gasteiger charge is 2.43. The van der Waals surface area contributed by atoms with Crippen LogP contribution in [-0.4, -0.2) is 131 Å². The van der Waals surface area contributed by atoms with E-state index in [0.29, 0.717) is 42.7 Å².